The summed E-state index contributed by atoms with van der Waals surface area (Å²) in [7, 11) is -0.265. The Labute approximate surface area is 178 Å². The van der Waals surface area contributed by atoms with E-state index in [1.165, 1.54) is 12.1 Å². The van der Waals surface area contributed by atoms with E-state index in [2.05, 4.69) is 24.1 Å². The highest BCUT2D eigenvalue weighted by atomic mass is 32.2. The molecule has 0 aromatic heterocycles. The number of likely N-dealkylation sites (N-methyl/N-ethyl adjacent to an activating group) is 1. The molecule has 0 spiro atoms. The van der Waals surface area contributed by atoms with Gasteiger partial charge >= 0.3 is 0 Å². The highest BCUT2D eigenvalue weighted by Gasteiger charge is 2.25. The van der Waals surface area contributed by atoms with Gasteiger partial charge in [-0.05, 0) is 23.6 Å². The molecule has 0 radical (unpaired) electrons. The number of benzene rings is 1. The fourth-order valence-electron chi connectivity index (χ4n) is 2.80. The van der Waals surface area contributed by atoms with E-state index in [9.17, 15) is 13.2 Å². The molecule has 3 N–H and O–H groups in total. The zero-order valence-corrected chi connectivity index (χ0v) is 19.1. The Hall–Kier alpha value is -1.78. The molecule has 1 unspecified atom stereocenters. The van der Waals surface area contributed by atoms with Gasteiger partial charge in [0.25, 0.3) is 0 Å². The van der Waals surface area contributed by atoms with Crippen molar-refractivity contribution in [2.75, 3.05) is 39.5 Å². The third-order valence-electron chi connectivity index (χ3n) is 4.70. The number of nitrogens with zero attached hydrogens (tertiary/aromatic N) is 3. The van der Waals surface area contributed by atoms with Crippen molar-refractivity contribution < 1.29 is 13.2 Å². The van der Waals surface area contributed by atoms with Gasteiger partial charge in [0.05, 0.1) is 18.0 Å². The van der Waals surface area contributed by atoms with Gasteiger partial charge in [-0.1, -0.05) is 26.0 Å². The molecule has 1 saturated heterocycles. The molecular formula is C19H31N5O3S2. The van der Waals surface area contributed by atoms with Crippen LogP contribution in [0.1, 0.15) is 19.4 Å². The fourth-order valence-corrected chi connectivity index (χ4v) is 4.62. The first-order valence-corrected chi connectivity index (χ1v) is 12.1. The predicted molar refractivity (Wildman–Crippen MR) is 118 cm³/mol. The molecule has 1 heterocycles. The summed E-state index contributed by atoms with van der Waals surface area (Å²) in [4.78, 5) is 20.5. The molecule has 8 nitrogen and oxygen atoms in total. The maximum atomic E-state index is 12.0. The second-order valence-electron chi connectivity index (χ2n) is 7.57. The van der Waals surface area contributed by atoms with Gasteiger partial charge < -0.3 is 15.1 Å². The molecular weight excluding hydrogens is 410 g/mol. The number of thioether (sulfide) groups is 1. The SMILES string of the molecule is CC(C)C1CN(C(=NCc2ccc(S(N)(=O)=O)cc2)NCC(=O)N(C)C)CCS1. The topological polar surface area (TPSA) is 108 Å². The minimum atomic E-state index is -3.71. The van der Waals surface area contributed by atoms with Gasteiger partial charge in [-0.3, -0.25) is 4.79 Å². The van der Waals surface area contributed by atoms with E-state index in [1.54, 1.807) is 31.1 Å². The van der Waals surface area contributed by atoms with Crippen LogP contribution < -0.4 is 10.5 Å². The summed E-state index contributed by atoms with van der Waals surface area (Å²) >= 11 is 1.97. The molecule has 1 atom stereocenters. The van der Waals surface area contributed by atoms with Crippen molar-refractivity contribution in [3.05, 3.63) is 29.8 Å². The molecule has 1 aliphatic rings. The van der Waals surface area contributed by atoms with Crippen molar-refractivity contribution in [1.29, 1.82) is 0 Å². The van der Waals surface area contributed by atoms with Crippen LogP contribution in [-0.2, 0) is 21.4 Å². The van der Waals surface area contributed by atoms with Crippen molar-refractivity contribution in [3.8, 4) is 0 Å². The van der Waals surface area contributed by atoms with Crippen LogP contribution in [0.2, 0.25) is 0 Å². The minimum absolute atomic E-state index is 0.0259. The molecule has 0 aliphatic carbocycles. The number of primary sulfonamides is 1. The molecule has 1 aromatic rings. The number of guanidine groups is 1. The van der Waals surface area contributed by atoms with E-state index >= 15 is 0 Å². The zero-order chi connectivity index (χ0) is 21.6. The van der Waals surface area contributed by atoms with Crippen LogP contribution in [0.25, 0.3) is 0 Å². The summed E-state index contributed by atoms with van der Waals surface area (Å²) in [6.45, 7) is 6.71. The second kappa shape index (κ2) is 10.3. The van der Waals surface area contributed by atoms with E-state index in [-0.39, 0.29) is 17.3 Å². The number of hydrogen-bond donors (Lipinski definition) is 2. The van der Waals surface area contributed by atoms with Gasteiger partial charge in [-0.25, -0.2) is 18.5 Å². The minimum Gasteiger partial charge on any atom is -0.347 e. The summed E-state index contributed by atoms with van der Waals surface area (Å²) in [6.07, 6.45) is 0. The fraction of sp³-hybridized carbons (Fsp3) is 0.579. The smallest absolute Gasteiger partial charge is 0.241 e. The molecule has 29 heavy (non-hydrogen) atoms. The summed E-state index contributed by atoms with van der Waals surface area (Å²) in [5.74, 6) is 2.23. The highest BCUT2D eigenvalue weighted by molar-refractivity contribution is 8.00. The number of aliphatic imine (C=N–C) groups is 1. The standard InChI is InChI=1S/C19H31N5O3S2/c1-14(2)17-13-24(9-10-28-17)19(22-12-18(25)23(3)4)21-11-15-5-7-16(8-6-15)29(20,26)27/h5-8,14,17H,9-13H2,1-4H3,(H,21,22)(H2,20,26,27). The monoisotopic (exact) mass is 441 g/mol. The van der Waals surface area contributed by atoms with Gasteiger partial charge in [-0.15, -0.1) is 0 Å². The Balaban J connectivity index is 2.16. The Kier molecular flexibility index (Phi) is 8.35. The van der Waals surface area contributed by atoms with E-state index < -0.39 is 10.0 Å². The largest absolute Gasteiger partial charge is 0.347 e. The van der Waals surface area contributed by atoms with Gasteiger partial charge in [0.1, 0.15) is 0 Å². The number of carbonyl (C=O) groups excluding carboxylic acids is 1. The first-order chi connectivity index (χ1) is 13.6. The van der Waals surface area contributed by atoms with E-state index in [1.807, 2.05) is 11.8 Å². The normalized spacial score (nSPS) is 18.1. The lowest BCUT2D eigenvalue weighted by molar-refractivity contribution is -0.127. The average molecular weight is 442 g/mol. The summed E-state index contributed by atoms with van der Waals surface area (Å²) in [5, 5.41) is 8.85. The van der Waals surface area contributed by atoms with Crippen LogP contribution in [0.5, 0.6) is 0 Å². The number of rotatable bonds is 6. The maximum absolute atomic E-state index is 12.0. The molecule has 10 heteroatoms. The van der Waals surface area contributed by atoms with Crippen molar-refractivity contribution >= 4 is 33.7 Å². The molecule has 1 aliphatic heterocycles. The Morgan fingerprint density at radius 2 is 2.00 bits per heavy atom. The Morgan fingerprint density at radius 3 is 2.55 bits per heavy atom. The van der Waals surface area contributed by atoms with Crippen molar-refractivity contribution in [3.63, 3.8) is 0 Å². The molecule has 162 valence electrons. The maximum Gasteiger partial charge on any atom is 0.241 e. The van der Waals surface area contributed by atoms with Gasteiger partial charge in [0, 0.05) is 38.2 Å². The Bertz CT molecular complexity index is 823. The van der Waals surface area contributed by atoms with E-state index in [0.29, 0.717) is 23.7 Å². The van der Waals surface area contributed by atoms with Crippen molar-refractivity contribution in [1.82, 2.24) is 15.1 Å². The third kappa shape index (κ3) is 7.20. The second-order valence-corrected chi connectivity index (χ2v) is 10.5. The number of sulfonamides is 1. The Morgan fingerprint density at radius 1 is 1.34 bits per heavy atom. The highest BCUT2D eigenvalue weighted by Crippen LogP contribution is 2.25. The quantitative estimate of drug-likeness (QED) is 0.502. The molecule has 1 aromatic carbocycles. The van der Waals surface area contributed by atoms with Crippen LogP contribution in [0.4, 0.5) is 0 Å². The van der Waals surface area contributed by atoms with Gasteiger partial charge in [-0.2, -0.15) is 11.8 Å². The summed E-state index contributed by atoms with van der Waals surface area (Å²) in [6, 6.07) is 6.37. The lowest BCUT2D eigenvalue weighted by Crippen LogP contribution is -2.50. The third-order valence-corrected chi connectivity index (χ3v) is 7.17. The zero-order valence-electron chi connectivity index (χ0n) is 17.5. The van der Waals surface area contributed by atoms with Crippen LogP contribution in [-0.4, -0.2) is 74.8 Å². The van der Waals surface area contributed by atoms with Crippen molar-refractivity contribution in [2.24, 2.45) is 16.0 Å². The number of nitrogens with two attached hydrogens (primary N) is 1. The molecule has 0 bridgehead atoms. The number of carbonyl (C=O) groups is 1. The number of hydrogen-bond acceptors (Lipinski definition) is 5. The van der Waals surface area contributed by atoms with Gasteiger partial charge in [0.2, 0.25) is 15.9 Å². The molecule has 2 rings (SSSR count). The number of nitrogens with one attached hydrogen (secondary N) is 1. The summed E-state index contributed by atoms with van der Waals surface area (Å²) in [5.41, 5.74) is 0.863. The van der Waals surface area contributed by atoms with Crippen LogP contribution in [0.3, 0.4) is 0 Å². The molecule has 0 saturated carbocycles. The average Bonchev–Trinajstić information content (AvgIpc) is 2.67. The van der Waals surface area contributed by atoms with Crippen LogP contribution in [0.15, 0.2) is 34.2 Å². The van der Waals surface area contributed by atoms with E-state index in [4.69, 9.17) is 10.1 Å². The van der Waals surface area contributed by atoms with Crippen LogP contribution in [0, 0.1) is 5.92 Å². The molecule has 1 amide bonds. The lowest BCUT2D eigenvalue weighted by Gasteiger charge is -2.36. The lowest BCUT2D eigenvalue weighted by atomic mass is 10.1. The van der Waals surface area contributed by atoms with Crippen LogP contribution >= 0.6 is 11.8 Å². The predicted octanol–water partition coefficient (Wildman–Crippen LogP) is 0.941. The first kappa shape index (κ1) is 23.5. The number of amides is 1. The molecule has 1 fully saturated rings. The summed E-state index contributed by atoms with van der Waals surface area (Å²) < 4.78 is 22.8. The van der Waals surface area contributed by atoms with E-state index in [0.717, 1.165) is 24.4 Å². The first-order valence-electron chi connectivity index (χ1n) is 9.54. The van der Waals surface area contributed by atoms with Gasteiger partial charge in [0.15, 0.2) is 5.96 Å². The van der Waals surface area contributed by atoms with Crippen molar-refractivity contribution in [2.45, 2.75) is 30.5 Å².